The maximum Gasteiger partial charge on any atom is 0.228 e. The van der Waals surface area contributed by atoms with E-state index in [2.05, 4.69) is 14.9 Å². The van der Waals surface area contributed by atoms with Gasteiger partial charge in [0.05, 0.1) is 30.1 Å². The number of aromatic amines is 1. The summed E-state index contributed by atoms with van der Waals surface area (Å²) in [5, 5.41) is 0. The lowest BCUT2D eigenvalue weighted by atomic mass is 9.76. The minimum atomic E-state index is -0.344. The predicted octanol–water partition coefficient (Wildman–Crippen LogP) is 1.45. The van der Waals surface area contributed by atoms with Crippen molar-refractivity contribution in [1.29, 1.82) is 0 Å². The van der Waals surface area contributed by atoms with Crippen LogP contribution in [0.4, 0.5) is 0 Å². The molecule has 2 saturated heterocycles. The van der Waals surface area contributed by atoms with Crippen LogP contribution in [0.3, 0.4) is 0 Å². The van der Waals surface area contributed by atoms with Crippen LogP contribution in [0.2, 0.25) is 0 Å². The first-order valence-corrected chi connectivity index (χ1v) is 10.4. The molecule has 3 aliphatic heterocycles. The molecule has 1 aliphatic carbocycles. The minimum absolute atomic E-state index is 0.0130. The van der Waals surface area contributed by atoms with Gasteiger partial charge >= 0.3 is 0 Å². The van der Waals surface area contributed by atoms with Gasteiger partial charge in [0.25, 0.3) is 0 Å². The average molecular weight is 372 g/mol. The summed E-state index contributed by atoms with van der Waals surface area (Å²) in [5.74, 6) is 0.730. The van der Waals surface area contributed by atoms with Crippen LogP contribution in [0.5, 0.6) is 0 Å². The molecule has 3 fully saturated rings. The Morgan fingerprint density at radius 2 is 1.93 bits per heavy atom. The van der Waals surface area contributed by atoms with Crippen molar-refractivity contribution < 1.29 is 14.3 Å². The Hall–Kier alpha value is -1.89. The van der Waals surface area contributed by atoms with E-state index < -0.39 is 0 Å². The van der Waals surface area contributed by atoms with E-state index in [1.54, 1.807) is 6.33 Å². The maximum atomic E-state index is 13.2. The van der Waals surface area contributed by atoms with Crippen molar-refractivity contribution in [3.63, 3.8) is 0 Å². The molecule has 7 heteroatoms. The summed E-state index contributed by atoms with van der Waals surface area (Å²) in [4.78, 5) is 38.0. The Morgan fingerprint density at radius 3 is 2.59 bits per heavy atom. The number of imidazole rings is 1. The van der Waals surface area contributed by atoms with Crippen molar-refractivity contribution in [2.24, 2.45) is 11.8 Å². The number of piperidine rings is 1. The molecule has 0 bridgehead atoms. The van der Waals surface area contributed by atoms with Crippen molar-refractivity contribution in [2.75, 3.05) is 32.8 Å². The Morgan fingerprint density at radius 1 is 1.11 bits per heavy atom. The first-order chi connectivity index (χ1) is 13.2. The molecule has 1 aromatic heterocycles. The maximum absolute atomic E-state index is 13.2. The Kier molecular flexibility index (Phi) is 4.22. The van der Waals surface area contributed by atoms with E-state index in [0.717, 1.165) is 62.9 Å². The van der Waals surface area contributed by atoms with Gasteiger partial charge in [-0.3, -0.25) is 9.59 Å². The normalized spacial score (nSPS) is 27.5. The third kappa shape index (κ3) is 2.70. The number of nitrogens with one attached hydrogen (secondary N) is 1. The monoisotopic (exact) mass is 372 g/mol. The standard InChI is InChI=1S/C20H28N4O3/c25-18(15-5-11-27-12-15)23-9-6-20(7-10-23)17-16(21-13-22-17)4-8-24(20)19(26)14-2-1-3-14/h13-15H,1-12H2,(H,21,22)/t15-/m1/s1. The second-order valence-corrected chi connectivity index (χ2v) is 8.51. The minimum Gasteiger partial charge on any atom is -0.381 e. The molecule has 2 amide bonds. The SMILES string of the molecule is O=C([C@@H]1CCOC1)N1CCC2(CC1)c1nc[nH]c1CCN2C(=O)C1CCC1. The molecule has 1 spiro atoms. The van der Waals surface area contributed by atoms with E-state index in [9.17, 15) is 9.59 Å². The predicted molar refractivity (Wildman–Crippen MR) is 97.8 cm³/mol. The van der Waals surface area contributed by atoms with Gasteiger partial charge in [-0.1, -0.05) is 6.42 Å². The fourth-order valence-electron chi connectivity index (χ4n) is 5.27. The van der Waals surface area contributed by atoms with Gasteiger partial charge in [-0.2, -0.15) is 0 Å². The lowest BCUT2D eigenvalue weighted by Crippen LogP contribution is -2.60. The number of H-pyrrole nitrogens is 1. The van der Waals surface area contributed by atoms with Gasteiger partial charge in [-0.25, -0.2) is 4.98 Å². The first-order valence-electron chi connectivity index (χ1n) is 10.4. The quantitative estimate of drug-likeness (QED) is 0.852. The van der Waals surface area contributed by atoms with Crippen LogP contribution in [0.15, 0.2) is 6.33 Å². The number of hydrogen-bond donors (Lipinski definition) is 1. The van der Waals surface area contributed by atoms with Crippen molar-refractivity contribution in [2.45, 2.75) is 50.5 Å². The van der Waals surface area contributed by atoms with E-state index >= 15 is 0 Å². The summed E-state index contributed by atoms with van der Waals surface area (Å²) >= 11 is 0. The van der Waals surface area contributed by atoms with E-state index in [0.29, 0.717) is 32.2 Å². The highest BCUT2D eigenvalue weighted by Crippen LogP contribution is 2.44. The van der Waals surface area contributed by atoms with E-state index in [-0.39, 0.29) is 23.3 Å². The van der Waals surface area contributed by atoms with Crippen LogP contribution in [-0.4, -0.2) is 64.4 Å². The highest BCUT2D eigenvalue weighted by Gasteiger charge is 2.50. The fourth-order valence-corrected chi connectivity index (χ4v) is 5.27. The topological polar surface area (TPSA) is 78.5 Å². The number of nitrogens with zero attached hydrogens (tertiary/aromatic N) is 3. The fraction of sp³-hybridized carbons (Fsp3) is 0.750. The molecular formula is C20H28N4O3. The number of amides is 2. The molecule has 0 unspecified atom stereocenters. The largest absolute Gasteiger partial charge is 0.381 e. The zero-order chi connectivity index (χ0) is 18.4. The van der Waals surface area contributed by atoms with Crippen molar-refractivity contribution in [3.05, 3.63) is 17.7 Å². The lowest BCUT2D eigenvalue weighted by molar-refractivity contribution is -0.151. The van der Waals surface area contributed by atoms with Gasteiger partial charge in [0.15, 0.2) is 0 Å². The third-order valence-corrected chi connectivity index (χ3v) is 7.16. The number of rotatable bonds is 2. The van der Waals surface area contributed by atoms with E-state index in [4.69, 9.17) is 4.74 Å². The Balaban J connectivity index is 1.38. The molecule has 7 nitrogen and oxygen atoms in total. The molecule has 1 atom stereocenters. The molecule has 4 aliphatic rings. The van der Waals surface area contributed by atoms with Crippen LogP contribution in [0.1, 0.15) is 49.9 Å². The van der Waals surface area contributed by atoms with Crippen molar-refractivity contribution in [1.82, 2.24) is 19.8 Å². The molecule has 1 aromatic rings. The highest BCUT2D eigenvalue weighted by molar-refractivity contribution is 5.81. The summed E-state index contributed by atoms with van der Waals surface area (Å²) in [6.45, 7) is 3.38. The molecule has 146 valence electrons. The molecule has 0 aromatic carbocycles. The van der Waals surface area contributed by atoms with Crippen molar-refractivity contribution in [3.8, 4) is 0 Å². The molecule has 1 N–H and O–H groups in total. The lowest BCUT2D eigenvalue weighted by Gasteiger charge is -2.52. The smallest absolute Gasteiger partial charge is 0.228 e. The summed E-state index contributed by atoms with van der Waals surface area (Å²) < 4.78 is 5.39. The number of carbonyl (C=O) groups excluding carboxylic acids is 2. The second-order valence-electron chi connectivity index (χ2n) is 8.51. The van der Waals surface area contributed by atoms with Crippen molar-refractivity contribution >= 4 is 11.8 Å². The number of likely N-dealkylation sites (tertiary alicyclic amines) is 1. The zero-order valence-corrected chi connectivity index (χ0v) is 15.8. The van der Waals surface area contributed by atoms with Gasteiger partial charge in [0.2, 0.25) is 11.8 Å². The summed E-state index contributed by atoms with van der Waals surface area (Å²) in [6, 6.07) is 0. The molecular weight excluding hydrogens is 344 g/mol. The van der Waals surface area contributed by atoms with Gasteiger partial charge in [0, 0.05) is 44.3 Å². The number of carbonyl (C=O) groups is 2. The third-order valence-electron chi connectivity index (χ3n) is 7.16. The second kappa shape index (κ2) is 6.62. The number of ether oxygens (including phenoxy) is 1. The molecule has 4 heterocycles. The Bertz CT molecular complexity index is 727. The van der Waals surface area contributed by atoms with Crippen LogP contribution in [0.25, 0.3) is 0 Å². The highest BCUT2D eigenvalue weighted by atomic mass is 16.5. The van der Waals surface area contributed by atoms with Crippen LogP contribution in [0, 0.1) is 11.8 Å². The van der Waals surface area contributed by atoms with Gasteiger partial charge < -0.3 is 19.5 Å². The van der Waals surface area contributed by atoms with Crippen LogP contribution in [-0.2, 0) is 26.3 Å². The first kappa shape index (κ1) is 17.2. The zero-order valence-electron chi connectivity index (χ0n) is 15.8. The molecule has 27 heavy (non-hydrogen) atoms. The summed E-state index contributed by atoms with van der Waals surface area (Å²) in [5.41, 5.74) is 1.86. The Labute approximate surface area is 159 Å². The summed E-state index contributed by atoms with van der Waals surface area (Å²) in [6.07, 6.45) is 8.20. The molecule has 5 rings (SSSR count). The number of hydrogen-bond acceptors (Lipinski definition) is 4. The molecule has 1 saturated carbocycles. The average Bonchev–Trinajstić information content (AvgIpc) is 3.33. The summed E-state index contributed by atoms with van der Waals surface area (Å²) in [7, 11) is 0. The van der Waals surface area contributed by atoms with Gasteiger partial charge in [-0.15, -0.1) is 0 Å². The van der Waals surface area contributed by atoms with Crippen LogP contribution < -0.4 is 0 Å². The molecule has 0 radical (unpaired) electrons. The van der Waals surface area contributed by atoms with Gasteiger partial charge in [0.1, 0.15) is 0 Å². The number of fused-ring (bicyclic) bond motifs is 2. The van der Waals surface area contributed by atoms with Crippen LogP contribution >= 0.6 is 0 Å². The van der Waals surface area contributed by atoms with E-state index in [1.165, 1.54) is 0 Å². The number of aromatic nitrogens is 2. The van der Waals surface area contributed by atoms with Gasteiger partial charge in [-0.05, 0) is 32.1 Å². The van der Waals surface area contributed by atoms with E-state index in [1.807, 2.05) is 4.90 Å².